The summed E-state index contributed by atoms with van der Waals surface area (Å²) in [6, 6.07) is 31.9. The molecule has 0 atom stereocenters. The van der Waals surface area contributed by atoms with Crippen molar-refractivity contribution in [2.75, 3.05) is 14.2 Å². The minimum absolute atomic E-state index is 0.146. The first-order valence-corrected chi connectivity index (χ1v) is 15.5. The van der Waals surface area contributed by atoms with Crippen LogP contribution in [-0.2, 0) is 8.85 Å². The summed E-state index contributed by atoms with van der Waals surface area (Å²) in [5.74, 6) is 0. The van der Waals surface area contributed by atoms with E-state index in [0.29, 0.717) is 0 Å². The van der Waals surface area contributed by atoms with E-state index in [1.165, 1.54) is 22.7 Å². The third-order valence-corrected chi connectivity index (χ3v) is 12.0. The lowest BCUT2D eigenvalue weighted by Crippen LogP contribution is -2.68. The quantitative estimate of drug-likeness (QED) is 0.349. The Bertz CT molecular complexity index is 822. The zero-order valence-corrected chi connectivity index (χ0v) is 21.0. The number of hydrogen-bond donors (Lipinski definition) is 0. The van der Waals surface area contributed by atoms with Gasteiger partial charge in [-0.1, -0.05) is 91.0 Å². The number of rotatable bonds is 7. The van der Waals surface area contributed by atoms with E-state index in [4.69, 9.17) is 8.85 Å². The second-order valence-electron chi connectivity index (χ2n) is 8.06. The third kappa shape index (κ3) is 7.16. The number of benzene rings is 3. The molecule has 0 N–H and O–H groups in total. The van der Waals surface area contributed by atoms with Crippen molar-refractivity contribution in [2.45, 2.75) is 31.7 Å². The van der Waals surface area contributed by atoms with Crippen molar-refractivity contribution in [3.05, 3.63) is 91.0 Å². The zero-order chi connectivity index (χ0) is 23.7. The van der Waals surface area contributed by atoms with Crippen molar-refractivity contribution >= 4 is 32.2 Å². The Morgan fingerprint density at radius 3 is 1.22 bits per heavy atom. The highest BCUT2D eigenvalue weighted by Crippen LogP contribution is 2.26. The van der Waals surface area contributed by atoms with Crippen molar-refractivity contribution in [3.8, 4) is 0 Å². The topological polar surface area (TPSA) is 18.5 Å². The fourth-order valence-corrected chi connectivity index (χ4v) is 8.20. The van der Waals surface area contributed by atoms with Crippen molar-refractivity contribution in [1.29, 1.82) is 0 Å². The Labute approximate surface area is 191 Å². The molecule has 0 saturated heterocycles. The second-order valence-corrected chi connectivity index (χ2v) is 16.0. The number of alkyl halides is 3. The minimum Gasteiger partial charge on any atom is -0.420 e. The van der Waals surface area contributed by atoms with E-state index in [1.807, 2.05) is 25.3 Å². The van der Waals surface area contributed by atoms with E-state index in [2.05, 4.69) is 72.8 Å². The maximum atomic E-state index is 11.7. The summed E-state index contributed by atoms with van der Waals surface area (Å²) in [5, 5.41) is 3.81. The maximum Gasteiger partial charge on any atom is 0.388 e. The average molecular weight is 477 g/mol. The molecule has 0 spiro atoms. The highest BCUT2D eigenvalue weighted by Gasteiger charge is 2.40. The lowest BCUT2D eigenvalue weighted by molar-refractivity contribution is -0.131. The lowest BCUT2D eigenvalue weighted by atomic mass is 10.3. The standard InChI is InChI=1S/C19H18OSi.C6H13F3OSi/c1-20-21(17-11-5-2-6-12-17,18-13-7-3-8-14-18)19-15-9-4-10-16-19;1-10-11(2,3)5-4-6(7,8)9/h2-16H,1H3;4-5H2,1-3H3. The Hall–Kier alpha value is -2.20. The van der Waals surface area contributed by atoms with Gasteiger partial charge in [0.25, 0.3) is 8.32 Å². The monoisotopic (exact) mass is 476 g/mol. The van der Waals surface area contributed by atoms with Gasteiger partial charge in [0.1, 0.15) is 0 Å². The van der Waals surface area contributed by atoms with Crippen LogP contribution in [0.4, 0.5) is 13.2 Å². The third-order valence-electron chi connectivity index (χ3n) is 5.41. The fourth-order valence-electron chi connectivity index (χ4n) is 3.42. The maximum absolute atomic E-state index is 11.7. The van der Waals surface area contributed by atoms with E-state index >= 15 is 0 Å². The zero-order valence-electron chi connectivity index (χ0n) is 19.0. The van der Waals surface area contributed by atoms with Crippen LogP contribution in [-0.4, -0.2) is 37.0 Å². The molecule has 0 saturated carbocycles. The summed E-state index contributed by atoms with van der Waals surface area (Å²) in [4.78, 5) is 0. The predicted molar refractivity (Wildman–Crippen MR) is 131 cm³/mol. The van der Waals surface area contributed by atoms with Crippen LogP contribution in [0.15, 0.2) is 91.0 Å². The molecule has 0 amide bonds. The van der Waals surface area contributed by atoms with Gasteiger partial charge in [0.15, 0.2) is 8.32 Å². The molecule has 2 nitrogen and oxygen atoms in total. The normalized spacial score (nSPS) is 12.1. The van der Waals surface area contributed by atoms with Crippen molar-refractivity contribution in [3.63, 3.8) is 0 Å². The van der Waals surface area contributed by atoms with E-state index < -0.39 is 29.2 Å². The summed E-state index contributed by atoms with van der Waals surface area (Å²) < 4.78 is 46.3. The van der Waals surface area contributed by atoms with Gasteiger partial charge in [-0.05, 0) is 34.7 Å². The molecule has 0 aliphatic heterocycles. The van der Waals surface area contributed by atoms with Crippen LogP contribution in [0.5, 0.6) is 0 Å². The van der Waals surface area contributed by atoms with Crippen LogP contribution < -0.4 is 15.6 Å². The van der Waals surface area contributed by atoms with Crippen LogP contribution in [0.2, 0.25) is 19.1 Å². The van der Waals surface area contributed by atoms with Crippen LogP contribution >= 0.6 is 0 Å². The van der Waals surface area contributed by atoms with Gasteiger partial charge in [-0.2, -0.15) is 13.2 Å². The molecule has 3 rings (SSSR count). The van der Waals surface area contributed by atoms with Gasteiger partial charge in [-0.3, -0.25) is 0 Å². The predicted octanol–water partition coefficient (Wildman–Crippen LogP) is 5.09. The largest absolute Gasteiger partial charge is 0.420 e. The number of halogens is 3. The molecule has 0 fully saturated rings. The molecule has 172 valence electrons. The summed E-state index contributed by atoms with van der Waals surface area (Å²) in [6.45, 7) is 3.55. The molecular formula is C25H31F3O2Si2. The molecular weight excluding hydrogens is 445 g/mol. The molecule has 0 heterocycles. The van der Waals surface area contributed by atoms with E-state index in [1.54, 1.807) is 13.1 Å². The highest BCUT2D eigenvalue weighted by atomic mass is 28.4. The first-order chi connectivity index (χ1) is 15.1. The van der Waals surface area contributed by atoms with Crippen molar-refractivity contribution in [1.82, 2.24) is 0 Å². The Kier molecular flexibility index (Phi) is 9.45. The molecule has 0 aliphatic carbocycles. The van der Waals surface area contributed by atoms with Crippen LogP contribution in [0, 0.1) is 0 Å². The van der Waals surface area contributed by atoms with Gasteiger partial charge in [-0.25, -0.2) is 0 Å². The fraction of sp³-hybridized carbons (Fsp3) is 0.280. The molecule has 0 aliphatic rings. The highest BCUT2D eigenvalue weighted by molar-refractivity contribution is 7.07. The van der Waals surface area contributed by atoms with Crippen LogP contribution in [0.1, 0.15) is 6.42 Å². The minimum atomic E-state index is -4.04. The molecule has 32 heavy (non-hydrogen) atoms. The van der Waals surface area contributed by atoms with Crippen molar-refractivity contribution in [2.24, 2.45) is 0 Å². The Morgan fingerprint density at radius 2 is 0.969 bits per heavy atom. The van der Waals surface area contributed by atoms with E-state index in [-0.39, 0.29) is 6.04 Å². The molecule has 0 radical (unpaired) electrons. The van der Waals surface area contributed by atoms with Crippen LogP contribution in [0.25, 0.3) is 0 Å². The first kappa shape index (κ1) is 26.1. The second kappa shape index (κ2) is 11.6. The SMILES string of the molecule is CO[Si](C)(C)CCC(F)(F)F.CO[Si](c1ccccc1)(c1ccccc1)c1ccccc1. The molecule has 7 heteroatoms. The molecule has 3 aromatic carbocycles. The van der Waals surface area contributed by atoms with Gasteiger partial charge in [0.2, 0.25) is 0 Å². The molecule has 3 aromatic rings. The van der Waals surface area contributed by atoms with Gasteiger partial charge in [0, 0.05) is 20.6 Å². The summed E-state index contributed by atoms with van der Waals surface area (Å²) >= 11 is 0. The average Bonchev–Trinajstić information content (AvgIpc) is 2.81. The smallest absolute Gasteiger partial charge is 0.388 e. The summed E-state index contributed by atoms with van der Waals surface area (Å²) in [6.07, 6.45) is -4.76. The first-order valence-electron chi connectivity index (χ1n) is 10.5. The summed E-state index contributed by atoms with van der Waals surface area (Å²) in [7, 11) is -1.10. The molecule has 0 unspecified atom stereocenters. The summed E-state index contributed by atoms with van der Waals surface area (Å²) in [5.41, 5.74) is 0. The Morgan fingerprint density at radius 1 is 0.625 bits per heavy atom. The molecule has 0 bridgehead atoms. The van der Waals surface area contributed by atoms with Crippen molar-refractivity contribution < 1.29 is 22.0 Å². The molecule has 0 aromatic heterocycles. The van der Waals surface area contributed by atoms with Gasteiger partial charge in [-0.15, -0.1) is 0 Å². The van der Waals surface area contributed by atoms with Gasteiger partial charge < -0.3 is 8.85 Å². The van der Waals surface area contributed by atoms with E-state index in [0.717, 1.165) is 0 Å². The Balaban J connectivity index is 0.000000282. The lowest BCUT2D eigenvalue weighted by Gasteiger charge is -2.31. The van der Waals surface area contributed by atoms with Gasteiger partial charge >= 0.3 is 6.18 Å². The van der Waals surface area contributed by atoms with Gasteiger partial charge in [0.05, 0.1) is 0 Å². The van der Waals surface area contributed by atoms with E-state index in [9.17, 15) is 13.2 Å². The van der Waals surface area contributed by atoms with Crippen LogP contribution in [0.3, 0.4) is 0 Å². The number of hydrogen-bond acceptors (Lipinski definition) is 2.